The molecule has 2 aromatic rings. The van der Waals surface area contributed by atoms with Crippen LogP contribution in [0.3, 0.4) is 0 Å². The molecule has 81 valence electrons. The largest absolute Gasteiger partial charge is 0.305 e. The van der Waals surface area contributed by atoms with E-state index in [-0.39, 0.29) is 0 Å². The number of rotatable bonds is 3. The van der Waals surface area contributed by atoms with Crippen LogP contribution in [0.2, 0.25) is 0 Å². The van der Waals surface area contributed by atoms with Crippen molar-refractivity contribution in [3.8, 4) is 11.1 Å². The zero-order valence-corrected chi connectivity index (χ0v) is 9.77. The molecule has 0 saturated carbocycles. The molecule has 0 aliphatic heterocycles. The van der Waals surface area contributed by atoms with Gasteiger partial charge in [0.05, 0.1) is 0 Å². The van der Waals surface area contributed by atoms with E-state index in [9.17, 15) is 0 Å². The van der Waals surface area contributed by atoms with Gasteiger partial charge in [-0.25, -0.2) is 0 Å². The number of nitrogens with zero attached hydrogens (tertiary/aromatic N) is 1. The molecule has 0 unspecified atom stereocenters. The van der Waals surface area contributed by atoms with Crippen molar-refractivity contribution >= 4 is 0 Å². The Kier molecular flexibility index (Phi) is 3.37. The minimum absolute atomic E-state index is 0.979. The van der Waals surface area contributed by atoms with Gasteiger partial charge in [0.25, 0.3) is 0 Å². The number of hydrogen-bond acceptors (Lipinski definition) is 1. The van der Waals surface area contributed by atoms with Crippen LogP contribution >= 0.6 is 0 Å². The van der Waals surface area contributed by atoms with E-state index in [2.05, 4.69) is 61.5 Å². The Morgan fingerprint density at radius 1 is 1.00 bits per heavy atom. The first-order chi connectivity index (χ1) is 7.75. The summed E-state index contributed by atoms with van der Waals surface area (Å²) in [6, 6.07) is 19.8. The minimum Gasteiger partial charge on any atom is -0.305 e. The molecule has 0 aliphatic carbocycles. The maximum atomic E-state index is 3.04. The van der Waals surface area contributed by atoms with Crippen LogP contribution < -0.4 is 0 Å². The van der Waals surface area contributed by atoms with Gasteiger partial charge in [0.15, 0.2) is 0 Å². The van der Waals surface area contributed by atoms with Gasteiger partial charge >= 0.3 is 0 Å². The Morgan fingerprint density at radius 3 is 2.44 bits per heavy atom. The van der Waals surface area contributed by atoms with Crippen molar-refractivity contribution in [2.24, 2.45) is 0 Å². The number of benzene rings is 2. The minimum atomic E-state index is 0.979. The summed E-state index contributed by atoms with van der Waals surface area (Å²) >= 11 is 0. The zero-order chi connectivity index (χ0) is 11.4. The van der Waals surface area contributed by atoms with Crippen LogP contribution in [0.25, 0.3) is 11.1 Å². The van der Waals surface area contributed by atoms with E-state index >= 15 is 0 Å². The van der Waals surface area contributed by atoms with E-state index in [1.54, 1.807) is 0 Å². The van der Waals surface area contributed by atoms with Crippen LogP contribution in [0.15, 0.2) is 48.5 Å². The van der Waals surface area contributed by atoms with Crippen molar-refractivity contribution < 1.29 is 0 Å². The molecule has 0 heterocycles. The van der Waals surface area contributed by atoms with Crippen LogP contribution in [0.5, 0.6) is 0 Å². The van der Waals surface area contributed by atoms with E-state index in [1.807, 2.05) is 12.1 Å². The summed E-state index contributed by atoms with van der Waals surface area (Å²) in [5.41, 5.74) is 3.86. The maximum absolute atomic E-state index is 3.04. The Labute approximate surface area is 97.3 Å². The van der Waals surface area contributed by atoms with Crippen LogP contribution in [-0.2, 0) is 6.54 Å². The van der Waals surface area contributed by atoms with Crippen molar-refractivity contribution in [2.45, 2.75) is 6.54 Å². The second-order valence-electron chi connectivity index (χ2n) is 4.23. The molecule has 1 heteroatoms. The lowest BCUT2D eigenvalue weighted by Crippen LogP contribution is -2.10. The second-order valence-corrected chi connectivity index (χ2v) is 4.23. The van der Waals surface area contributed by atoms with Crippen LogP contribution in [0.4, 0.5) is 0 Å². The highest BCUT2D eigenvalue weighted by Gasteiger charge is 1.99. The molecule has 0 fully saturated rings. The molecule has 1 nitrogen and oxygen atoms in total. The lowest BCUT2D eigenvalue weighted by atomic mass is 10.0. The first-order valence-corrected chi connectivity index (χ1v) is 5.46. The fraction of sp³-hybridized carbons (Fsp3) is 0.200. The summed E-state index contributed by atoms with van der Waals surface area (Å²) in [6.07, 6.45) is 0. The summed E-state index contributed by atoms with van der Waals surface area (Å²) < 4.78 is 0. The molecule has 0 amide bonds. The van der Waals surface area contributed by atoms with Crippen molar-refractivity contribution in [3.05, 3.63) is 60.2 Å². The van der Waals surface area contributed by atoms with Crippen LogP contribution in [-0.4, -0.2) is 19.0 Å². The molecule has 0 N–H and O–H groups in total. The van der Waals surface area contributed by atoms with Gasteiger partial charge < -0.3 is 4.90 Å². The van der Waals surface area contributed by atoms with Gasteiger partial charge in [-0.2, -0.15) is 0 Å². The van der Waals surface area contributed by atoms with E-state index in [1.165, 1.54) is 16.7 Å². The van der Waals surface area contributed by atoms with Gasteiger partial charge in [0, 0.05) is 6.54 Å². The highest BCUT2D eigenvalue weighted by molar-refractivity contribution is 5.63. The smallest absolute Gasteiger partial charge is 0.0227 e. The first-order valence-electron chi connectivity index (χ1n) is 5.46. The topological polar surface area (TPSA) is 3.24 Å². The van der Waals surface area contributed by atoms with Gasteiger partial charge in [-0.1, -0.05) is 42.5 Å². The summed E-state index contributed by atoms with van der Waals surface area (Å²) in [4.78, 5) is 2.18. The summed E-state index contributed by atoms with van der Waals surface area (Å²) in [7, 11) is 4.17. The van der Waals surface area contributed by atoms with E-state index in [0.29, 0.717) is 0 Å². The first kappa shape index (κ1) is 10.9. The standard InChI is InChI=1S/C15H16N/c1-16(2)12-13-7-6-10-15(11-13)14-8-4-3-5-9-14/h4-11H,12H2,1-2H3. The van der Waals surface area contributed by atoms with Crippen molar-refractivity contribution in [2.75, 3.05) is 14.1 Å². The molecule has 0 saturated heterocycles. The molecule has 0 spiro atoms. The van der Waals surface area contributed by atoms with Gasteiger partial charge in [-0.15, -0.1) is 0 Å². The maximum Gasteiger partial charge on any atom is 0.0227 e. The third-order valence-electron chi connectivity index (χ3n) is 2.48. The van der Waals surface area contributed by atoms with Crippen molar-refractivity contribution in [3.63, 3.8) is 0 Å². The third-order valence-corrected chi connectivity index (χ3v) is 2.48. The monoisotopic (exact) mass is 210 g/mol. The molecule has 1 radical (unpaired) electrons. The highest BCUT2D eigenvalue weighted by atomic mass is 15.0. The second kappa shape index (κ2) is 4.95. The Balaban J connectivity index is 2.29. The Bertz CT molecular complexity index is 446. The normalized spacial score (nSPS) is 10.7. The lowest BCUT2D eigenvalue weighted by molar-refractivity contribution is 0.402. The van der Waals surface area contributed by atoms with E-state index < -0.39 is 0 Å². The molecule has 2 aromatic carbocycles. The van der Waals surface area contributed by atoms with E-state index in [4.69, 9.17) is 0 Å². The summed E-state index contributed by atoms with van der Waals surface area (Å²) in [6.45, 7) is 0.979. The van der Waals surface area contributed by atoms with Gasteiger partial charge in [0.1, 0.15) is 0 Å². The van der Waals surface area contributed by atoms with Crippen LogP contribution in [0, 0.1) is 6.07 Å². The SMILES string of the molecule is CN(C)Cc1cccc(-c2cc[c]cc2)c1. The third kappa shape index (κ3) is 2.71. The van der Waals surface area contributed by atoms with E-state index in [0.717, 1.165) is 6.54 Å². The average molecular weight is 210 g/mol. The highest BCUT2D eigenvalue weighted by Crippen LogP contribution is 2.20. The molecular formula is C15H16N. The molecule has 0 aliphatic rings. The lowest BCUT2D eigenvalue weighted by Gasteiger charge is -2.10. The van der Waals surface area contributed by atoms with Gasteiger partial charge in [-0.05, 0) is 42.9 Å². The summed E-state index contributed by atoms with van der Waals surface area (Å²) in [5.74, 6) is 0. The number of hydrogen-bond donors (Lipinski definition) is 0. The molecule has 16 heavy (non-hydrogen) atoms. The fourth-order valence-corrected chi connectivity index (χ4v) is 1.79. The Hall–Kier alpha value is -1.60. The molecule has 0 atom stereocenters. The molecular weight excluding hydrogens is 194 g/mol. The quantitative estimate of drug-likeness (QED) is 0.752. The summed E-state index contributed by atoms with van der Waals surface area (Å²) in [5, 5.41) is 0. The molecule has 2 rings (SSSR count). The van der Waals surface area contributed by atoms with Crippen LogP contribution in [0.1, 0.15) is 5.56 Å². The zero-order valence-electron chi connectivity index (χ0n) is 9.77. The van der Waals surface area contributed by atoms with Crippen molar-refractivity contribution in [1.82, 2.24) is 4.90 Å². The molecule has 0 aromatic heterocycles. The Morgan fingerprint density at radius 2 is 1.75 bits per heavy atom. The fourth-order valence-electron chi connectivity index (χ4n) is 1.79. The van der Waals surface area contributed by atoms with Crippen molar-refractivity contribution in [1.29, 1.82) is 0 Å². The average Bonchev–Trinajstić information content (AvgIpc) is 2.30. The van der Waals surface area contributed by atoms with Gasteiger partial charge in [0.2, 0.25) is 0 Å². The molecule has 0 bridgehead atoms. The van der Waals surface area contributed by atoms with Gasteiger partial charge in [-0.3, -0.25) is 0 Å². The predicted octanol–water partition coefficient (Wildman–Crippen LogP) is 3.22. The predicted molar refractivity (Wildman–Crippen MR) is 68.1 cm³/mol.